The number of hydrogen-bond donors (Lipinski definition) is 0. The monoisotopic (exact) mass is 385 g/mol. The fourth-order valence-corrected chi connectivity index (χ4v) is 3.94. The summed E-state index contributed by atoms with van der Waals surface area (Å²) >= 11 is 0. The van der Waals surface area contributed by atoms with Crippen molar-refractivity contribution in [3.63, 3.8) is 0 Å². The van der Waals surface area contributed by atoms with Crippen molar-refractivity contribution in [2.75, 3.05) is 13.1 Å². The molecule has 0 saturated carbocycles. The molecule has 6 heteroatoms. The van der Waals surface area contributed by atoms with Gasteiger partial charge >= 0.3 is 0 Å². The van der Waals surface area contributed by atoms with Crippen molar-refractivity contribution in [2.24, 2.45) is 0 Å². The van der Waals surface area contributed by atoms with Gasteiger partial charge in [0.1, 0.15) is 0 Å². The maximum Gasteiger partial charge on any atom is 0.228 e. The molecule has 0 aliphatic rings. The standard InChI is InChI=1S/C21H27N3O2S/c1-5-13-23(14-6-2)17-20-16-22-21(27(25,26)18(3)4)24(20)15-12-19-10-8-7-9-11-19/h1,6-11,16,18H,2,12-15,17H2,3-4H3. The third-order valence-electron chi connectivity index (χ3n) is 4.33. The van der Waals surface area contributed by atoms with Crippen molar-refractivity contribution in [1.29, 1.82) is 0 Å². The number of rotatable bonds is 10. The highest BCUT2D eigenvalue weighted by atomic mass is 32.2. The van der Waals surface area contributed by atoms with Crippen molar-refractivity contribution < 1.29 is 8.42 Å². The summed E-state index contributed by atoms with van der Waals surface area (Å²) in [6.07, 6.45) is 9.61. The number of nitrogens with zero attached hydrogens (tertiary/aromatic N) is 3. The second-order valence-electron chi connectivity index (χ2n) is 6.68. The first-order valence-electron chi connectivity index (χ1n) is 8.99. The zero-order valence-electron chi connectivity index (χ0n) is 16.0. The summed E-state index contributed by atoms with van der Waals surface area (Å²) in [4.78, 5) is 6.29. The Balaban J connectivity index is 2.37. The van der Waals surface area contributed by atoms with Gasteiger partial charge in [0.2, 0.25) is 15.0 Å². The Kier molecular flexibility index (Phi) is 7.40. The molecule has 0 atom stereocenters. The maximum atomic E-state index is 12.8. The molecule has 1 aromatic heterocycles. The van der Waals surface area contributed by atoms with Crippen LogP contribution in [0, 0.1) is 12.3 Å². The largest absolute Gasteiger partial charge is 0.317 e. The van der Waals surface area contributed by atoms with Gasteiger partial charge in [-0.2, -0.15) is 0 Å². The summed E-state index contributed by atoms with van der Waals surface area (Å²) in [5, 5.41) is -0.402. The molecule has 1 aromatic carbocycles. The highest BCUT2D eigenvalue weighted by Crippen LogP contribution is 2.19. The zero-order chi connectivity index (χ0) is 19.9. The van der Waals surface area contributed by atoms with Crippen LogP contribution in [0.3, 0.4) is 0 Å². The van der Waals surface area contributed by atoms with Crippen LogP contribution in [0.2, 0.25) is 0 Å². The Morgan fingerprint density at radius 3 is 2.63 bits per heavy atom. The average molecular weight is 386 g/mol. The smallest absolute Gasteiger partial charge is 0.228 e. The molecule has 0 radical (unpaired) electrons. The summed E-state index contributed by atoms with van der Waals surface area (Å²) in [6, 6.07) is 10.0. The Bertz CT molecular complexity index is 893. The van der Waals surface area contributed by atoms with E-state index < -0.39 is 15.1 Å². The fraction of sp³-hybridized carbons (Fsp3) is 0.381. The van der Waals surface area contributed by atoms with Crippen LogP contribution in [-0.4, -0.2) is 41.2 Å². The van der Waals surface area contributed by atoms with E-state index in [0.717, 1.165) is 17.7 Å². The SMILES string of the molecule is C#CCN(CC=C)Cc1cnc(S(=O)(=O)C(C)C)n1CCc1ccccc1. The summed E-state index contributed by atoms with van der Waals surface area (Å²) in [5.41, 5.74) is 1.99. The van der Waals surface area contributed by atoms with Gasteiger partial charge in [0, 0.05) is 19.6 Å². The van der Waals surface area contributed by atoms with Gasteiger partial charge in [0.25, 0.3) is 0 Å². The number of terminal acetylenes is 1. The van der Waals surface area contributed by atoms with Crippen molar-refractivity contribution in [1.82, 2.24) is 14.5 Å². The quantitative estimate of drug-likeness (QED) is 0.466. The highest BCUT2D eigenvalue weighted by Gasteiger charge is 2.27. The molecule has 2 aromatic rings. The summed E-state index contributed by atoms with van der Waals surface area (Å²) < 4.78 is 27.4. The van der Waals surface area contributed by atoms with E-state index in [9.17, 15) is 8.42 Å². The lowest BCUT2D eigenvalue weighted by Crippen LogP contribution is -2.26. The van der Waals surface area contributed by atoms with E-state index in [0.29, 0.717) is 26.2 Å². The zero-order valence-corrected chi connectivity index (χ0v) is 16.8. The van der Waals surface area contributed by atoms with Crippen molar-refractivity contribution in [3.8, 4) is 12.3 Å². The number of benzene rings is 1. The van der Waals surface area contributed by atoms with E-state index in [2.05, 4.69) is 17.5 Å². The molecule has 5 nitrogen and oxygen atoms in total. The van der Waals surface area contributed by atoms with Crippen LogP contribution < -0.4 is 0 Å². The molecule has 0 N–H and O–H groups in total. The Morgan fingerprint density at radius 1 is 1.33 bits per heavy atom. The molecule has 0 unspecified atom stereocenters. The van der Waals surface area contributed by atoms with Gasteiger partial charge in [0.05, 0.1) is 23.7 Å². The lowest BCUT2D eigenvalue weighted by atomic mass is 10.1. The third kappa shape index (κ3) is 5.31. The van der Waals surface area contributed by atoms with E-state index in [-0.39, 0.29) is 5.16 Å². The second-order valence-corrected chi connectivity index (χ2v) is 9.07. The number of aryl methyl sites for hydroxylation is 1. The van der Waals surface area contributed by atoms with Crippen LogP contribution in [0.4, 0.5) is 0 Å². The van der Waals surface area contributed by atoms with Crippen molar-refractivity contribution >= 4 is 9.84 Å². The molecule has 0 bridgehead atoms. The minimum atomic E-state index is -3.48. The predicted molar refractivity (Wildman–Crippen MR) is 109 cm³/mol. The fourth-order valence-electron chi connectivity index (χ4n) is 2.81. The van der Waals surface area contributed by atoms with E-state index in [1.807, 2.05) is 39.8 Å². The van der Waals surface area contributed by atoms with Gasteiger partial charge in [-0.1, -0.05) is 42.3 Å². The molecular formula is C21H27N3O2S. The molecule has 27 heavy (non-hydrogen) atoms. The van der Waals surface area contributed by atoms with Gasteiger partial charge in [-0.25, -0.2) is 13.4 Å². The number of hydrogen-bond acceptors (Lipinski definition) is 4. The maximum absolute atomic E-state index is 12.8. The van der Waals surface area contributed by atoms with Gasteiger partial charge in [-0.05, 0) is 25.8 Å². The third-order valence-corrected chi connectivity index (χ3v) is 6.41. The van der Waals surface area contributed by atoms with E-state index in [4.69, 9.17) is 6.42 Å². The van der Waals surface area contributed by atoms with E-state index >= 15 is 0 Å². The normalized spacial score (nSPS) is 11.7. The number of aromatic nitrogens is 2. The van der Waals surface area contributed by atoms with Crippen LogP contribution in [0.25, 0.3) is 0 Å². The van der Waals surface area contributed by atoms with Gasteiger partial charge in [-0.3, -0.25) is 4.90 Å². The Morgan fingerprint density at radius 2 is 2.04 bits per heavy atom. The molecule has 0 spiro atoms. The average Bonchev–Trinajstić information content (AvgIpc) is 3.04. The van der Waals surface area contributed by atoms with Gasteiger partial charge in [-0.15, -0.1) is 13.0 Å². The molecule has 0 aliphatic carbocycles. The predicted octanol–water partition coefficient (Wildman–Crippen LogP) is 2.93. The minimum absolute atomic E-state index is 0.127. The van der Waals surface area contributed by atoms with E-state index in [1.54, 1.807) is 26.1 Å². The number of imidazole rings is 1. The minimum Gasteiger partial charge on any atom is -0.317 e. The lowest BCUT2D eigenvalue weighted by molar-refractivity contribution is 0.320. The first-order valence-corrected chi connectivity index (χ1v) is 10.5. The lowest BCUT2D eigenvalue weighted by Gasteiger charge is -2.20. The van der Waals surface area contributed by atoms with Crippen LogP contribution in [-0.2, 0) is 29.3 Å². The molecule has 0 saturated heterocycles. The second kappa shape index (κ2) is 9.54. The molecule has 0 aliphatic heterocycles. The first-order chi connectivity index (χ1) is 12.9. The van der Waals surface area contributed by atoms with Crippen LogP contribution in [0.5, 0.6) is 0 Å². The topological polar surface area (TPSA) is 55.2 Å². The van der Waals surface area contributed by atoms with Crippen molar-refractivity contribution in [2.45, 2.75) is 43.8 Å². The number of sulfone groups is 1. The molecule has 2 rings (SSSR count). The molecule has 0 fully saturated rings. The van der Waals surface area contributed by atoms with E-state index in [1.165, 1.54) is 0 Å². The first kappa shape index (κ1) is 20.9. The van der Waals surface area contributed by atoms with Crippen molar-refractivity contribution in [3.05, 3.63) is 60.4 Å². The van der Waals surface area contributed by atoms with Crippen LogP contribution >= 0.6 is 0 Å². The van der Waals surface area contributed by atoms with Gasteiger partial charge < -0.3 is 4.57 Å². The van der Waals surface area contributed by atoms with Gasteiger partial charge in [0.15, 0.2) is 0 Å². The molecule has 144 valence electrons. The highest BCUT2D eigenvalue weighted by molar-refractivity contribution is 7.91. The Labute approximate surface area is 162 Å². The molecular weight excluding hydrogens is 358 g/mol. The molecule has 0 amide bonds. The Hall–Kier alpha value is -2.36. The summed E-state index contributed by atoms with van der Waals surface area (Å²) in [7, 11) is -3.48. The van der Waals surface area contributed by atoms with Crippen LogP contribution in [0.1, 0.15) is 25.1 Å². The van der Waals surface area contributed by atoms with Crippen LogP contribution in [0.15, 0.2) is 54.3 Å². The summed E-state index contributed by atoms with van der Waals surface area (Å²) in [6.45, 7) is 9.26. The summed E-state index contributed by atoms with van der Waals surface area (Å²) in [5.74, 6) is 2.64. The molecule has 1 heterocycles.